The molecule has 0 radical (unpaired) electrons. The van der Waals surface area contributed by atoms with E-state index in [4.69, 9.17) is 4.42 Å². The van der Waals surface area contributed by atoms with Crippen LogP contribution in [0.25, 0.3) is 11.3 Å². The maximum Gasteiger partial charge on any atom is 0.220 e. The molecule has 0 aliphatic heterocycles. The van der Waals surface area contributed by atoms with Crippen LogP contribution >= 0.6 is 0 Å². The molecule has 1 aromatic carbocycles. The predicted octanol–water partition coefficient (Wildman–Crippen LogP) is 2.35. The van der Waals surface area contributed by atoms with E-state index in [1.807, 2.05) is 7.05 Å². The molecule has 112 valence electrons. The number of nitrogens with one attached hydrogen (secondary N) is 2. The van der Waals surface area contributed by atoms with Crippen molar-refractivity contribution >= 4 is 5.91 Å². The third-order valence-corrected chi connectivity index (χ3v) is 3.10. The van der Waals surface area contributed by atoms with E-state index in [0.717, 1.165) is 6.54 Å². The van der Waals surface area contributed by atoms with E-state index in [-0.39, 0.29) is 11.7 Å². The molecule has 0 aliphatic carbocycles. The first kappa shape index (κ1) is 15.3. The molecular formula is C16H19FN2O2. The van der Waals surface area contributed by atoms with Gasteiger partial charge in [0.15, 0.2) is 0 Å². The molecule has 2 N–H and O–H groups in total. The average molecular weight is 290 g/mol. The zero-order chi connectivity index (χ0) is 15.1. The van der Waals surface area contributed by atoms with Crippen LogP contribution in [0.2, 0.25) is 0 Å². The zero-order valence-corrected chi connectivity index (χ0v) is 12.0. The summed E-state index contributed by atoms with van der Waals surface area (Å²) < 4.78 is 19.2. The van der Waals surface area contributed by atoms with E-state index in [1.54, 1.807) is 30.3 Å². The van der Waals surface area contributed by atoms with Crippen LogP contribution in [0.5, 0.6) is 0 Å². The summed E-state index contributed by atoms with van der Waals surface area (Å²) in [7, 11) is 1.83. The number of halogens is 1. The van der Waals surface area contributed by atoms with Gasteiger partial charge in [0.2, 0.25) is 5.91 Å². The van der Waals surface area contributed by atoms with Gasteiger partial charge in [-0.15, -0.1) is 0 Å². The molecule has 2 aromatic rings. The second-order valence-electron chi connectivity index (χ2n) is 4.70. The summed E-state index contributed by atoms with van der Waals surface area (Å²) in [6.45, 7) is 1.35. The van der Waals surface area contributed by atoms with E-state index in [9.17, 15) is 9.18 Å². The van der Waals surface area contributed by atoms with E-state index >= 15 is 0 Å². The molecule has 1 heterocycles. The quantitative estimate of drug-likeness (QED) is 0.770. The van der Waals surface area contributed by atoms with Crippen molar-refractivity contribution in [1.82, 2.24) is 10.6 Å². The van der Waals surface area contributed by atoms with Crippen molar-refractivity contribution in [3.63, 3.8) is 0 Å². The lowest BCUT2D eigenvalue weighted by molar-refractivity contribution is -0.121. The van der Waals surface area contributed by atoms with Crippen molar-refractivity contribution in [2.24, 2.45) is 0 Å². The van der Waals surface area contributed by atoms with Crippen molar-refractivity contribution in [3.05, 3.63) is 48.0 Å². The summed E-state index contributed by atoms with van der Waals surface area (Å²) >= 11 is 0. The number of hydrogen-bond donors (Lipinski definition) is 2. The molecule has 0 saturated carbocycles. The Hall–Kier alpha value is -2.14. The van der Waals surface area contributed by atoms with Gasteiger partial charge in [0, 0.05) is 25.9 Å². The standard InChI is InChI=1S/C16H19FN2O2/c1-18-10-11-19-16(20)9-7-12-6-8-15(21-12)13-4-2-3-5-14(13)17/h2-6,8,18H,7,9-11H2,1H3,(H,19,20). The summed E-state index contributed by atoms with van der Waals surface area (Å²) in [5, 5.41) is 5.75. The van der Waals surface area contributed by atoms with Crippen molar-refractivity contribution in [2.75, 3.05) is 20.1 Å². The highest BCUT2D eigenvalue weighted by Crippen LogP contribution is 2.25. The Balaban J connectivity index is 1.89. The summed E-state index contributed by atoms with van der Waals surface area (Å²) in [5.41, 5.74) is 0.433. The van der Waals surface area contributed by atoms with E-state index in [0.29, 0.717) is 36.5 Å². The van der Waals surface area contributed by atoms with Crippen LogP contribution < -0.4 is 10.6 Å². The minimum absolute atomic E-state index is 0.0194. The Morgan fingerprint density at radius 2 is 2.00 bits per heavy atom. The SMILES string of the molecule is CNCCNC(=O)CCc1ccc(-c2ccccc2F)o1. The predicted molar refractivity (Wildman–Crippen MR) is 79.4 cm³/mol. The summed E-state index contributed by atoms with van der Waals surface area (Å²) in [6, 6.07) is 9.97. The molecule has 0 unspecified atom stereocenters. The molecule has 21 heavy (non-hydrogen) atoms. The van der Waals surface area contributed by atoms with Gasteiger partial charge in [-0.1, -0.05) is 12.1 Å². The van der Waals surface area contributed by atoms with Crippen molar-refractivity contribution in [2.45, 2.75) is 12.8 Å². The number of amides is 1. The number of carbonyl (C=O) groups excluding carboxylic acids is 1. The normalized spacial score (nSPS) is 10.6. The fourth-order valence-corrected chi connectivity index (χ4v) is 1.97. The van der Waals surface area contributed by atoms with Crippen molar-refractivity contribution in [3.8, 4) is 11.3 Å². The molecular weight excluding hydrogens is 271 g/mol. The number of benzene rings is 1. The molecule has 0 atom stereocenters. The lowest BCUT2D eigenvalue weighted by Crippen LogP contribution is -2.30. The van der Waals surface area contributed by atoms with E-state index in [2.05, 4.69) is 10.6 Å². The van der Waals surface area contributed by atoms with Crippen LogP contribution in [0.3, 0.4) is 0 Å². The topological polar surface area (TPSA) is 54.3 Å². The van der Waals surface area contributed by atoms with Gasteiger partial charge in [0.25, 0.3) is 0 Å². The highest BCUT2D eigenvalue weighted by atomic mass is 19.1. The van der Waals surface area contributed by atoms with Crippen LogP contribution in [0.1, 0.15) is 12.2 Å². The van der Waals surface area contributed by atoms with Crippen LogP contribution in [0.15, 0.2) is 40.8 Å². The molecule has 0 spiro atoms. The van der Waals surface area contributed by atoms with Gasteiger partial charge in [-0.25, -0.2) is 4.39 Å². The van der Waals surface area contributed by atoms with Gasteiger partial charge in [0.1, 0.15) is 17.3 Å². The highest BCUT2D eigenvalue weighted by Gasteiger charge is 2.10. The van der Waals surface area contributed by atoms with Gasteiger partial charge in [-0.2, -0.15) is 0 Å². The smallest absolute Gasteiger partial charge is 0.220 e. The van der Waals surface area contributed by atoms with E-state index < -0.39 is 0 Å². The van der Waals surface area contributed by atoms with E-state index in [1.165, 1.54) is 6.07 Å². The fraction of sp³-hybridized carbons (Fsp3) is 0.312. The Labute approximate surface area is 123 Å². The zero-order valence-electron chi connectivity index (χ0n) is 12.0. The molecule has 0 bridgehead atoms. The summed E-state index contributed by atoms with van der Waals surface area (Å²) in [5.74, 6) is 0.827. The van der Waals surface area contributed by atoms with Crippen molar-refractivity contribution < 1.29 is 13.6 Å². The minimum Gasteiger partial charge on any atom is -0.461 e. The third kappa shape index (κ3) is 4.43. The first-order chi connectivity index (χ1) is 10.2. The number of aryl methyl sites for hydroxylation is 1. The molecule has 4 nitrogen and oxygen atoms in total. The first-order valence-electron chi connectivity index (χ1n) is 6.95. The number of hydrogen-bond acceptors (Lipinski definition) is 3. The fourth-order valence-electron chi connectivity index (χ4n) is 1.97. The second kappa shape index (κ2) is 7.59. The number of likely N-dealkylation sites (N-methyl/N-ethyl adjacent to an activating group) is 1. The molecule has 0 saturated heterocycles. The lowest BCUT2D eigenvalue weighted by atomic mass is 10.1. The molecule has 1 amide bonds. The Morgan fingerprint density at radius 3 is 2.76 bits per heavy atom. The third-order valence-electron chi connectivity index (χ3n) is 3.10. The second-order valence-corrected chi connectivity index (χ2v) is 4.70. The van der Waals surface area contributed by atoms with Crippen LogP contribution in [-0.2, 0) is 11.2 Å². The van der Waals surface area contributed by atoms with Gasteiger partial charge < -0.3 is 15.1 Å². The van der Waals surface area contributed by atoms with Gasteiger partial charge >= 0.3 is 0 Å². The van der Waals surface area contributed by atoms with Crippen LogP contribution in [0, 0.1) is 5.82 Å². The number of rotatable bonds is 7. The molecule has 1 aromatic heterocycles. The Bertz CT molecular complexity index is 595. The van der Waals surface area contributed by atoms with Gasteiger partial charge in [-0.3, -0.25) is 4.79 Å². The van der Waals surface area contributed by atoms with Crippen molar-refractivity contribution in [1.29, 1.82) is 0 Å². The minimum atomic E-state index is -0.316. The van der Waals surface area contributed by atoms with Gasteiger partial charge in [0.05, 0.1) is 5.56 Å². The number of carbonyl (C=O) groups is 1. The van der Waals surface area contributed by atoms with Crippen LogP contribution in [0.4, 0.5) is 4.39 Å². The first-order valence-corrected chi connectivity index (χ1v) is 6.95. The molecule has 5 heteroatoms. The average Bonchev–Trinajstić information content (AvgIpc) is 2.94. The molecule has 0 aliphatic rings. The largest absolute Gasteiger partial charge is 0.461 e. The number of furan rings is 1. The Kier molecular flexibility index (Phi) is 5.51. The maximum absolute atomic E-state index is 13.6. The summed E-state index contributed by atoms with van der Waals surface area (Å²) in [6.07, 6.45) is 0.855. The van der Waals surface area contributed by atoms with Crippen LogP contribution in [-0.4, -0.2) is 26.0 Å². The molecule has 0 fully saturated rings. The lowest BCUT2D eigenvalue weighted by Gasteiger charge is -2.03. The molecule has 2 rings (SSSR count). The highest BCUT2D eigenvalue weighted by molar-refractivity contribution is 5.76. The Morgan fingerprint density at radius 1 is 1.19 bits per heavy atom. The monoisotopic (exact) mass is 290 g/mol. The maximum atomic E-state index is 13.6. The summed E-state index contributed by atoms with van der Waals surface area (Å²) in [4.78, 5) is 11.6. The van der Waals surface area contributed by atoms with Gasteiger partial charge in [-0.05, 0) is 31.3 Å².